The lowest BCUT2D eigenvalue weighted by molar-refractivity contribution is 0.354. The zero-order chi connectivity index (χ0) is 25.3. The molecule has 0 N–H and O–H groups in total. The second-order valence-corrected chi connectivity index (χ2v) is 9.73. The Balaban J connectivity index is 1.83. The Morgan fingerprint density at radius 3 is 1.19 bits per heavy atom. The van der Waals surface area contributed by atoms with Crippen molar-refractivity contribution in [3.63, 3.8) is 0 Å². The van der Waals surface area contributed by atoms with E-state index in [9.17, 15) is 0 Å². The summed E-state index contributed by atoms with van der Waals surface area (Å²) < 4.78 is 22.7. The van der Waals surface area contributed by atoms with Crippen LogP contribution >= 0.6 is 0 Å². The molecule has 36 heavy (non-hydrogen) atoms. The van der Waals surface area contributed by atoms with Crippen molar-refractivity contribution in [1.29, 1.82) is 0 Å². The molecule has 2 aliphatic rings. The molecule has 0 amide bonds. The van der Waals surface area contributed by atoms with Crippen LogP contribution in [0.2, 0.25) is 0 Å². The molecule has 0 unspecified atom stereocenters. The van der Waals surface area contributed by atoms with Crippen molar-refractivity contribution in [2.45, 2.75) is 76.3 Å². The quantitative estimate of drug-likeness (QED) is 0.358. The summed E-state index contributed by atoms with van der Waals surface area (Å²) >= 11 is 0. The summed E-state index contributed by atoms with van der Waals surface area (Å²) in [5.74, 6) is 2.72. The zero-order valence-electron chi connectivity index (χ0n) is 22.2. The smallest absolute Gasteiger partial charge is 0.161 e. The van der Waals surface area contributed by atoms with Gasteiger partial charge in [-0.25, -0.2) is 0 Å². The molecule has 0 heterocycles. The van der Waals surface area contributed by atoms with Crippen molar-refractivity contribution in [3.05, 3.63) is 35.4 Å². The van der Waals surface area contributed by atoms with Crippen LogP contribution in [0.3, 0.4) is 0 Å². The van der Waals surface area contributed by atoms with E-state index in [-0.39, 0.29) is 0 Å². The zero-order valence-corrected chi connectivity index (χ0v) is 22.2. The molecule has 6 nitrogen and oxygen atoms in total. The highest BCUT2D eigenvalue weighted by atomic mass is 16.5. The summed E-state index contributed by atoms with van der Waals surface area (Å²) in [4.78, 5) is 9.97. The van der Waals surface area contributed by atoms with Crippen molar-refractivity contribution in [1.82, 2.24) is 0 Å². The van der Waals surface area contributed by atoms with Crippen LogP contribution in [-0.4, -0.2) is 53.0 Å². The molecule has 0 saturated heterocycles. The highest BCUT2D eigenvalue weighted by Crippen LogP contribution is 2.40. The second kappa shape index (κ2) is 12.8. The first-order valence-electron chi connectivity index (χ1n) is 13.3. The Labute approximate surface area is 215 Å². The molecule has 2 aliphatic carbocycles. The monoisotopic (exact) mass is 492 g/mol. The first-order chi connectivity index (χ1) is 17.7. The molecule has 0 bridgehead atoms. The molecule has 2 aromatic carbocycles. The molecular formula is C30H40N2O4. The summed E-state index contributed by atoms with van der Waals surface area (Å²) in [5.41, 5.74) is 3.96. The average molecular weight is 493 g/mol. The van der Waals surface area contributed by atoms with Gasteiger partial charge in [-0.05, 0) is 61.1 Å². The van der Waals surface area contributed by atoms with Gasteiger partial charge in [0.15, 0.2) is 23.0 Å². The minimum absolute atomic E-state index is 0.373. The van der Waals surface area contributed by atoms with Crippen molar-refractivity contribution < 1.29 is 18.9 Å². The van der Waals surface area contributed by atoms with Gasteiger partial charge in [0.25, 0.3) is 0 Å². The number of aliphatic imine (C=N–C) groups is 2. The van der Waals surface area contributed by atoms with Crippen LogP contribution in [-0.2, 0) is 0 Å². The van der Waals surface area contributed by atoms with Crippen molar-refractivity contribution in [3.8, 4) is 34.1 Å². The van der Waals surface area contributed by atoms with Gasteiger partial charge in [0.1, 0.15) is 0 Å². The van der Waals surface area contributed by atoms with E-state index in [1.54, 1.807) is 28.4 Å². The minimum Gasteiger partial charge on any atom is -0.493 e. The van der Waals surface area contributed by atoms with Gasteiger partial charge in [-0.2, -0.15) is 0 Å². The van der Waals surface area contributed by atoms with Gasteiger partial charge >= 0.3 is 0 Å². The van der Waals surface area contributed by atoms with Crippen LogP contribution < -0.4 is 18.9 Å². The van der Waals surface area contributed by atoms with Gasteiger partial charge in [0.05, 0.1) is 28.4 Å². The Kier molecular flexibility index (Phi) is 9.26. The molecule has 2 saturated carbocycles. The molecule has 0 radical (unpaired) electrons. The third-order valence-corrected chi connectivity index (χ3v) is 7.40. The molecule has 194 valence electrons. The molecule has 2 fully saturated rings. The Morgan fingerprint density at radius 1 is 0.528 bits per heavy atom. The largest absolute Gasteiger partial charge is 0.493 e. The van der Waals surface area contributed by atoms with E-state index >= 15 is 0 Å². The number of ether oxygens (including phenoxy) is 4. The van der Waals surface area contributed by atoms with Crippen LogP contribution in [0.4, 0.5) is 0 Å². The maximum absolute atomic E-state index is 5.69. The number of nitrogens with zero attached hydrogens (tertiary/aromatic N) is 2. The summed E-state index contributed by atoms with van der Waals surface area (Å²) in [6.07, 6.45) is 16.2. The van der Waals surface area contributed by atoms with E-state index in [1.807, 2.05) is 36.7 Å². The topological polar surface area (TPSA) is 61.6 Å². The molecule has 4 rings (SSSR count). The Bertz CT molecular complexity index is 982. The fourth-order valence-electron chi connectivity index (χ4n) is 5.30. The van der Waals surface area contributed by atoms with Crippen LogP contribution in [0.1, 0.15) is 75.3 Å². The summed E-state index contributed by atoms with van der Waals surface area (Å²) in [6.45, 7) is 0. The van der Waals surface area contributed by atoms with E-state index in [0.29, 0.717) is 35.1 Å². The first-order valence-corrected chi connectivity index (χ1v) is 13.3. The molecule has 0 aliphatic heterocycles. The van der Waals surface area contributed by atoms with Crippen LogP contribution in [0.5, 0.6) is 23.0 Å². The molecule has 0 aromatic heterocycles. The minimum atomic E-state index is 0.373. The second-order valence-electron chi connectivity index (χ2n) is 9.73. The van der Waals surface area contributed by atoms with Crippen LogP contribution in [0, 0.1) is 0 Å². The molecule has 6 heteroatoms. The van der Waals surface area contributed by atoms with Gasteiger partial charge in [-0.15, -0.1) is 0 Å². The summed E-state index contributed by atoms with van der Waals surface area (Å²) in [7, 11) is 6.66. The SMILES string of the molecule is COc1cc(C=NC2CCCCC2)c(-c2cc(OC)c(OC)cc2C=NC2CCCCC2)cc1OC. The van der Waals surface area contributed by atoms with Gasteiger partial charge < -0.3 is 18.9 Å². The van der Waals surface area contributed by atoms with Gasteiger partial charge in [-0.1, -0.05) is 38.5 Å². The number of hydrogen-bond donors (Lipinski definition) is 0. The lowest BCUT2D eigenvalue weighted by Crippen LogP contribution is -2.10. The maximum Gasteiger partial charge on any atom is 0.161 e. The van der Waals surface area contributed by atoms with Gasteiger partial charge in [-0.3, -0.25) is 9.98 Å². The molecule has 2 aromatic rings. The Morgan fingerprint density at radius 2 is 0.861 bits per heavy atom. The standard InChI is InChI=1S/C30H40N2O4/c1-33-27-15-21(19-31-23-11-7-5-8-12-23)25(17-29(27)35-3)26-18-30(36-4)28(34-2)16-22(26)20-32-24-13-9-6-10-14-24/h15-20,23-24H,5-14H2,1-4H3. The van der Waals surface area contributed by atoms with E-state index in [1.165, 1.54) is 38.5 Å². The molecular weight excluding hydrogens is 452 g/mol. The maximum atomic E-state index is 5.69. The number of rotatable bonds is 9. The van der Waals surface area contributed by atoms with Gasteiger partial charge in [0, 0.05) is 35.6 Å². The average Bonchev–Trinajstić information content (AvgIpc) is 2.95. The third-order valence-electron chi connectivity index (χ3n) is 7.40. The molecule has 0 spiro atoms. The van der Waals surface area contributed by atoms with E-state index in [2.05, 4.69) is 0 Å². The Hall–Kier alpha value is -3.02. The number of hydrogen-bond acceptors (Lipinski definition) is 6. The lowest BCUT2D eigenvalue weighted by atomic mass is 9.93. The fraction of sp³-hybridized carbons (Fsp3) is 0.533. The number of methoxy groups -OCH3 is 4. The van der Waals surface area contributed by atoms with E-state index in [0.717, 1.165) is 47.9 Å². The van der Waals surface area contributed by atoms with E-state index < -0.39 is 0 Å². The highest BCUT2D eigenvalue weighted by molar-refractivity contribution is 5.99. The number of benzene rings is 2. The first kappa shape index (κ1) is 26.1. The lowest BCUT2D eigenvalue weighted by Gasteiger charge is -2.20. The van der Waals surface area contributed by atoms with Crippen LogP contribution in [0.15, 0.2) is 34.3 Å². The van der Waals surface area contributed by atoms with Crippen molar-refractivity contribution in [2.24, 2.45) is 9.98 Å². The van der Waals surface area contributed by atoms with Gasteiger partial charge in [0.2, 0.25) is 0 Å². The molecule has 0 atom stereocenters. The predicted molar refractivity (Wildman–Crippen MR) is 147 cm³/mol. The fourth-order valence-corrected chi connectivity index (χ4v) is 5.30. The third kappa shape index (κ3) is 6.21. The predicted octanol–water partition coefficient (Wildman–Crippen LogP) is 6.89. The van der Waals surface area contributed by atoms with Crippen LogP contribution in [0.25, 0.3) is 11.1 Å². The van der Waals surface area contributed by atoms with E-state index in [4.69, 9.17) is 28.9 Å². The highest BCUT2D eigenvalue weighted by Gasteiger charge is 2.19. The van der Waals surface area contributed by atoms with Crippen molar-refractivity contribution >= 4 is 12.4 Å². The van der Waals surface area contributed by atoms with Crippen molar-refractivity contribution in [2.75, 3.05) is 28.4 Å². The summed E-state index contributed by atoms with van der Waals surface area (Å²) in [6, 6.07) is 8.83. The normalized spacial score (nSPS) is 17.6. The summed E-state index contributed by atoms with van der Waals surface area (Å²) in [5, 5.41) is 0.